The molecule has 0 saturated carbocycles. The highest BCUT2D eigenvalue weighted by molar-refractivity contribution is 5.94. The third kappa shape index (κ3) is 3.60. The molecule has 0 unspecified atom stereocenters. The Kier molecular flexibility index (Phi) is 4.71. The van der Waals surface area contributed by atoms with E-state index in [-0.39, 0.29) is 17.5 Å². The van der Waals surface area contributed by atoms with Gasteiger partial charge in [0, 0.05) is 18.7 Å². The van der Waals surface area contributed by atoms with E-state index >= 15 is 0 Å². The predicted octanol–water partition coefficient (Wildman–Crippen LogP) is 4.44. The molecule has 2 heterocycles. The molecule has 4 rings (SSSR count). The van der Waals surface area contributed by atoms with Gasteiger partial charge in [0.05, 0.1) is 11.4 Å². The first-order valence-corrected chi connectivity index (χ1v) is 9.03. The van der Waals surface area contributed by atoms with Gasteiger partial charge in [-0.1, -0.05) is 0 Å². The van der Waals surface area contributed by atoms with Crippen LogP contribution in [0.3, 0.4) is 0 Å². The van der Waals surface area contributed by atoms with Crippen molar-refractivity contribution in [3.05, 3.63) is 71.9 Å². The SMILES string of the molecule is O=C(c1cc(-c2ccc(F)cc2)nn1-c1ccc(F)cc1)N1CCCCC1. The van der Waals surface area contributed by atoms with Crippen molar-refractivity contribution < 1.29 is 13.6 Å². The number of carbonyl (C=O) groups is 1. The van der Waals surface area contributed by atoms with Gasteiger partial charge in [-0.15, -0.1) is 0 Å². The lowest BCUT2D eigenvalue weighted by Gasteiger charge is -2.26. The molecule has 0 atom stereocenters. The summed E-state index contributed by atoms with van der Waals surface area (Å²) in [6.07, 6.45) is 3.10. The van der Waals surface area contributed by atoms with Crippen LogP contribution in [0.5, 0.6) is 0 Å². The molecule has 1 aliphatic rings. The second-order valence-electron chi connectivity index (χ2n) is 6.66. The van der Waals surface area contributed by atoms with E-state index in [1.807, 2.05) is 4.90 Å². The Morgan fingerprint density at radius 1 is 0.852 bits per heavy atom. The zero-order valence-corrected chi connectivity index (χ0v) is 14.7. The number of aromatic nitrogens is 2. The molecule has 3 aromatic rings. The molecule has 4 nitrogen and oxygen atoms in total. The van der Waals surface area contributed by atoms with Gasteiger partial charge in [0.2, 0.25) is 0 Å². The quantitative estimate of drug-likeness (QED) is 0.686. The second kappa shape index (κ2) is 7.31. The highest BCUT2D eigenvalue weighted by Gasteiger charge is 2.24. The van der Waals surface area contributed by atoms with Gasteiger partial charge < -0.3 is 4.90 Å². The van der Waals surface area contributed by atoms with Gasteiger partial charge >= 0.3 is 0 Å². The van der Waals surface area contributed by atoms with E-state index in [4.69, 9.17) is 0 Å². The van der Waals surface area contributed by atoms with E-state index in [1.54, 1.807) is 30.3 Å². The molecule has 0 spiro atoms. The average Bonchev–Trinajstić information content (AvgIpc) is 3.14. The largest absolute Gasteiger partial charge is 0.337 e. The molecular formula is C21H19F2N3O. The van der Waals surface area contributed by atoms with E-state index in [0.29, 0.717) is 22.6 Å². The summed E-state index contributed by atoms with van der Waals surface area (Å²) in [7, 11) is 0. The molecular weight excluding hydrogens is 348 g/mol. The summed E-state index contributed by atoms with van der Waals surface area (Å²) < 4.78 is 28.1. The maximum absolute atomic E-state index is 13.3. The first-order chi connectivity index (χ1) is 13.1. The number of rotatable bonds is 3. The first-order valence-electron chi connectivity index (χ1n) is 9.03. The van der Waals surface area contributed by atoms with E-state index in [9.17, 15) is 13.6 Å². The first kappa shape index (κ1) is 17.4. The van der Waals surface area contributed by atoms with Crippen molar-refractivity contribution in [1.82, 2.24) is 14.7 Å². The zero-order chi connectivity index (χ0) is 18.8. The van der Waals surface area contributed by atoms with Crippen molar-refractivity contribution >= 4 is 5.91 Å². The van der Waals surface area contributed by atoms with E-state index in [2.05, 4.69) is 5.10 Å². The molecule has 0 N–H and O–H groups in total. The normalized spacial score (nSPS) is 14.4. The topological polar surface area (TPSA) is 38.1 Å². The van der Waals surface area contributed by atoms with Crippen molar-refractivity contribution in [2.75, 3.05) is 13.1 Å². The molecule has 27 heavy (non-hydrogen) atoms. The molecule has 138 valence electrons. The van der Waals surface area contributed by atoms with Crippen LogP contribution in [0.15, 0.2) is 54.6 Å². The summed E-state index contributed by atoms with van der Waals surface area (Å²) >= 11 is 0. The third-order valence-corrected chi connectivity index (χ3v) is 4.78. The van der Waals surface area contributed by atoms with Crippen molar-refractivity contribution in [3.8, 4) is 16.9 Å². The van der Waals surface area contributed by atoms with Gasteiger partial charge in [0.25, 0.3) is 5.91 Å². The number of likely N-dealkylation sites (tertiary alicyclic amines) is 1. The summed E-state index contributed by atoms with van der Waals surface area (Å²) in [6, 6.07) is 13.5. The van der Waals surface area contributed by atoms with Crippen LogP contribution >= 0.6 is 0 Å². The lowest BCUT2D eigenvalue weighted by atomic mass is 10.1. The van der Waals surface area contributed by atoms with Gasteiger partial charge in [-0.2, -0.15) is 5.10 Å². The van der Waals surface area contributed by atoms with Crippen molar-refractivity contribution in [3.63, 3.8) is 0 Å². The Morgan fingerprint density at radius 2 is 1.44 bits per heavy atom. The minimum Gasteiger partial charge on any atom is -0.337 e. The van der Waals surface area contributed by atoms with Crippen LogP contribution in [0.25, 0.3) is 16.9 Å². The summed E-state index contributed by atoms with van der Waals surface area (Å²) in [5.41, 5.74) is 2.30. The summed E-state index contributed by atoms with van der Waals surface area (Å²) in [5.74, 6) is -0.783. The number of piperidine rings is 1. The van der Waals surface area contributed by atoms with Crippen molar-refractivity contribution in [2.24, 2.45) is 0 Å². The Balaban J connectivity index is 1.78. The number of nitrogens with zero attached hydrogens (tertiary/aromatic N) is 3. The monoisotopic (exact) mass is 367 g/mol. The molecule has 1 fully saturated rings. The van der Waals surface area contributed by atoms with Crippen molar-refractivity contribution in [2.45, 2.75) is 19.3 Å². The average molecular weight is 367 g/mol. The van der Waals surface area contributed by atoms with Gasteiger partial charge in [0.1, 0.15) is 17.3 Å². The highest BCUT2D eigenvalue weighted by atomic mass is 19.1. The van der Waals surface area contributed by atoms with Crippen LogP contribution in [0.1, 0.15) is 29.8 Å². The molecule has 6 heteroatoms. The Hall–Kier alpha value is -3.02. The molecule has 2 aromatic carbocycles. The van der Waals surface area contributed by atoms with Gasteiger partial charge in [-0.05, 0) is 73.9 Å². The molecule has 1 amide bonds. The molecule has 1 aromatic heterocycles. The molecule has 0 bridgehead atoms. The lowest BCUT2D eigenvalue weighted by Crippen LogP contribution is -2.36. The van der Waals surface area contributed by atoms with E-state index in [0.717, 1.165) is 32.4 Å². The Labute approximate surface area is 156 Å². The summed E-state index contributed by atoms with van der Waals surface area (Å²) in [6.45, 7) is 1.44. The lowest BCUT2D eigenvalue weighted by molar-refractivity contribution is 0.0715. The van der Waals surface area contributed by atoms with E-state index in [1.165, 1.54) is 28.9 Å². The predicted molar refractivity (Wildman–Crippen MR) is 98.7 cm³/mol. The fourth-order valence-corrected chi connectivity index (χ4v) is 3.33. The molecule has 0 aliphatic carbocycles. The van der Waals surface area contributed by atoms with Crippen LogP contribution in [0, 0.1) is 11.6 Å². The number of hydrogen-bond donors (Lipinski definition) is 0. The minimum absolute atomic E-state index is 0.0973. The van der Waals surface area contributed by atoms with Gasteiger partial charge in [-0.25, -0.2) is 13.5 Å². The number of hydrogen-bond acceptors (Lipinski definition) is 2. The minimum atomic E-state index is -0.353. The maximum atomic E-state index is 13.3. The fourth-order valence-electron chi connectivity index (χ4n) is 3.33. The molecule has 0 radical (unpaired) electrons. The smallest absolute Gasteiger partial charge is 0.272 e. The number of carbonyl (C=O) groups excluding carboxylic acids is 1. The maximum Gasteiger partial charge on any atom is 0.272 e. The van der Waals surface area contributed by atoms with Gasteiger partial charge in [-0.3, -0.25) is 4.79 Å². The third-order valence-electron chi connectivity index (χ3n) is 4.78. The van der Waals surface area contributed by atoms with Crippen LogP contribution in [0.4, 0.5) is 8.78 Å². The fraction of sp³-hybridized carbons (Fsp3) is 0.238. The number of benzene rings is 2. The molecule has 1 aliphatic heterocycles. The summed E-state index contributed by atoms with van der Waals surface area (Å²) in [5, 5.41) is 4.55. The second-order valence-corrected chi connectivity index (χ2v) is 6.66. The number of amides is 1. The zero-order valence-electron chi connectivity index (χ0n) is 14.7. The van der Waals surface area contributed by atoms with Crippen molar-refractivity contribution in [1.29, 1.82) is 0 Å². The van der Waals surface area contributed by atoms with Crippen LogP contribution in [-0.4, -0.2) is 33.7 Å². The van der Waals surface area contributed by atoms with E-state index < -0.39 is 0 Å². The van der Waals surface area contributed by atoms with Crippen LogP contribution in [0.2, 0.25) is 0 Å². The molecule has 1 saturated heterocycles. The Morgan fingerprint density at radius 3 is 2.07 bits per heavy atom. The Bertz CT molecular complexity index is 943. The van der Waals surface area contributed by atoms with Crippen LogP contribution < -0.4 is 0 Å². The van der Waals surface area contributed by atoms with Crippen LogP contribution in [-0.2, 0) is 0 Å². The summed E-state index contributed by atoms with van der Waals surface area (Å²) in [4.78, 5) is 14.9. The highest BCUT2D eigenvalue weighted by Crippen LogP contribution is 2.24. The number of halogens is 2. The standard InChI is InChI=1S/C21H19F2N3O/c22-16-6-4-15(5-7-16)19-14-20(21(27)25-12-2-1-3-13-25)26(24-19)18-10-8-17(23)9-11-18/h4-11,14H,1-3,12-13H2. The van der Waals surface area contributed by atoms with Gasteiger partial charge in [0.15, 0.2) is 0 Å².